The molecule has 3 saturated heterocycles. The Balaban J connectivity index is 1.19. The van der Waals surface area contributed by atoms with Crippen LogP contribution in [0.1, 0.15) is 67.2 Å². The zero-order valence-electron chi connectivity index (χ0n) is 21.0. The molecular weight excluding hydrogens is 432 g/mol. The third kappa shape index (κ3) is 3.43. The number of carbonyl (C=O) groups is 1. The first-order chi connectivity index (χ1) is 17.0. The van der Waals surface area contributed by atoms with E-state index < -0.39 is 0 Å². The van der Waals surface area contributed by atoms with Gasteiger partial charge in [-0.15, -0.1) is 0 Å². The third-order valence-corrected chi connectivity index (χ3v) is 10.1. The molecule has 5 fully saturated rings. The fourth-order valence-electron chi connectivity index (χ4n) is 8.28. The van der Waals surface area contributed by atoms with E-state index in [2.05, 4.69) is 59.6 Å². The molecule has 35 heavy (non-hydrogen) atoms. The minimum Gasteiger partial charge on any atom is -0.370 e. The number of aryl methyl sites for hydroxylation is 2. The summed E-state index contributed by atoms with van der Waals surface area (Å²) in [5.74, 6) is 1.07. The Kier molecular flexibility index (Phi) is 4.99. The van der Waals surface area contributed by atoms with E-state index in [1.54, 1.807) is 0 Å². The summed E-state index contributed by atoms with van der Waals surface area (Å²) in [6.45, 7) is 5.30. The van der Waals surface area contributed by atoms with Crippen LogP contribution < -0.4 is 5.32 Å². The molecule has 1 N–H and O–H groups in total. The third-order valence-electron chi connectivity index (χ3n) is 10.1. The summed E-state index contributed by atoms with van der Waals surface area (Å²) >= 11 is 0. The Bertz CT molecular complexity index is 1130. The van der Waals surface area contributed by atoms with Crippen molar-refractivity contribution in [3.8, 4) is 0 Å². The van der Waals surface area contributed by atoms with E-state index in [1.165, 1.54) is 41.6 Å². The normalized spacial score (nSPS) is 35.3. The van der Waals surface area contributed by atoms with E-state index in [-0.39, 0.29) is 22.5 Å². The van der Waals surface area contributed by atoms with Crippen LogP contribution in [0.3, 0.4) is 0 Å². The van der Waals surface area contributed by atoms with Crippen molar-refractivity contribution in [3.63, 3.8) is 0 Å². The lowest BCUT2D eigenvalue weighted by Gasteiger charge is -2.71. The van der Waals surface area contributed by atoms with Crippen LogP contribution in [0.25, 0.3) is 0 Å². The molecule has 0 aromatic heterocycles. The lowest BCUT2D eigenvalue weighted by Crippen LogP contribution is -2.81. The van der Waals surface area contributed by atoms with Gasteiger partial charge >= 0.3 is 0 Å². The number of piperidine rings is 1. The quantitative estimate of drug-likeness (QED) is 0.665. The average Bonchev–Trinajstić information content (AvgIpc) is 3.69. The number of hydrogen-bond acceptors (Lipinski definition) is 3. The molecule has 4 bridgehead atoms. The molecular formula is C31H38N2O2. The molecule has 4 atom stereocenters. The highest BCUT2D eigenvalue weighted by atomic mass is 16.5. The second-order valence-corrected chi connectivity index (χ2v) is 12.3. The molecule has 2 aromatic rings. The van der Waals surface area contributed by atoms with Crippen molar-refractivity contribution < 1.29 is 9.53 Å². The number of nitrogens with zero attached hydrogens (tertiary/aromatic N) is 1. The van der Waals surface area contributed by atoms with Crippen LogP contribution in [0.4, 0.5) is 0 Å². The SMILES string of the molecule is Cc1ccc2c(c1)[C@]13CCN(CC4CC4)[C@H](C2)[C@]12CCC(NC(=O)CCc1ccccc1)(CO2)C3. The van der Waals surface area contributed by atoms with E-state index in [1.807, 2.05) is 6.07 Å². The predicted octanol–water partition coefficient (Wildman–Crippen LogP) is 4.71. The summed E-state index contributed by atoms with van der Waals surface area (Å²) in [5.41, 5.74) is 5.30. The Hall–Kier alpha value is -2.17. The summed E-state index contributed by atoms with van der Waals surface area (Å²) < 4.78 is 7.07. The second-order valence-electron chi connectivity index (χ2n) is 12.3. The zero-order chi connectivity index (χ0) is 23.7. The number of benzene rings is 2. The highest BCUT2D eigenvalue weighted by Crippen LogP contribution is 2.64. The smallest absolute Gasteiger partial charge is 0.220 e. The molecule has 3 aliphatic carbocycles. The Morgan fingerprint density at radius 2 is 1.97 bits per heavy atom. The molecule has 2 saturated carbocycles. The molecule has 4 heteroatoms. The Labute approximate surface area is 209 Å². The van der Waals surface area contributed by atoms with Gasteiger partial charge in [-0.2, -0.15) is 0 Å². The molecule has 1 spiro atoms. The molecule has 8 rings (SSSR count). The molecule has 6 aliphatic rings. The van der Waals surface area contributed by atoms with Gasteiger partial charge in [0.25, 0.3) is 0 Å². The minimum atomic E-state index is -0.239. The van der Waals surface area contributed by atoms with E-state index in [9.17, 15) is 4.79 Å². The van der Waals surface area contributed by atoms with Crippen molar-refractivity contribution in [2.45, 2.75) is 87.3 Å². The summed E-state index contributed by atoms with van der Waals surface area (Å²) in [6, 6.07) is 18.0. The molecule has 4 nitrogen and oxygen atoms in total. The molecule has 184 valence electrons. The molecule has 1 unspecified atom stereocenters. The van der Waals surface area contributed by atoms with Crippen LogP contribution in [0.5, 0.6) is 0 Å². The second kappa shape index (κ2) is 7.91. The fourth-order valence-corrected chi connectivity index (χ4v) is 8.28. The van der Waals surface area contributed by atoms with Crippen LogP contribution in [0, 0.1) is 12.8 Å². The van der Waals surface area contributed by atoms with Gasteiger partial charge in [0.2, 0.25) is 5.91 Å². The number of fused-ring (bicyclic) bond motifs is 3. The number of amides is 1. The number of rotatable bonds is 6. The van der Waals surface area contributed by atoms with Gasteiger partial charge in [-0.3, -0.25) is 9.69 Å². The summed E-state index contributed by atoms with van der Waals surface area (Å²) in [5, 5.41) is 3.54. The highest BCUT2D eigenvalue weighted by molar-refractivity contribution is 5.77. The Morgan fingerprint density at radius 1 is 1.11 bits per heavy atom. The maximum absolute atomic E-state index is 13.2. The van der Waals surface area contributed by atoms with Gasteiger partial charge in [0.1, 0.15) is 0 Å². The van der Waals surface area contributed by atoms with Gasteiger partial charge in [-0.05, 0) is 87.4 Å². The number of likely N-dealkylation sites (tertiary alicyclic amines) is 1. The van der Waals surface area contributed by atoms with Crippen molar-refractivity contribution in [3.05, 3.63) is 70.8 Å². The number of ether oxygens (including phenoxy) is 1. The summed E-state index contributed by atoms with van der Waals surface area (Å²) in [4.78, 5) is 16.0. The van der Waals surface area contributed by atoms with Crippen molar-refractivity contribution in [1.82, 2.24) is 10.2 Å². The average molecular weight is 471 g/mol. The van der Waals surface area contributed by atoms with E-state index in [4.69, 9.17) is 4.74 Å². The fraction of sp³-hybridized carbons (Fsp3) is 0.581. The number of carbonyl (C=O) groups excluding carboxylic acids is 1. The number of hydrogen-bond donors (Lipinski definition) is 1. The first-order valence-electron chi connectivity index (χ1n) is 13.8. The monoisotopic (exact) mass is 470 g/mol. The van der Waals surface area contributed by atoms with Crippen LogP contribution in [-0.4, -0.2) is 47.7 Å². The van der Waals surface area contributed by atoms with Gasteiger partial charge in [-0.25, -0.2) is 0 Å². The van der Waals surface area contributed by atoms with Gasteiger partial charge in [0, 0.05) is 24.4 Å². The minimum absolute atomic E-state index is 0.0144. The van der Waals surface area contributed by atoms with Crippen molar-refractivity contribution in [2.75, 3.05) is 19.7 Å². The van der Waals surface area contributed by atoms with E-state index >= 15 is 0 Å². The first-order valence-corrected chi connectivity index (χ1v) is 13.8. The zero-order valence-corrected chi connectivity index (χ0v) is 21.0. The van der Waals surface area contributed by atoms with Gasteiger partial charge < -0.3 is 10.1 Å². The summed E-state index contributed by atoms with van der Waals surface area (Å²) in [7, 11) is 0. The molecule has 3 aliphatic heterocycles. The van der Waals surface area contributed by atoms with Crippen LogP contribution in [0.2, 0.25) is 0 Å². The van der Waals surface area contributed by atoms with Crippen LogP contribution >= 0.6 is 0 Å². The molecule has 1 amide bonds. The first kappa shape index (κ1) is 22.1. The van der Waals surface area contributed by atoms with Gasteiger partial charge in [-0.1, -0.05) is 54.1 Å². The van der Waals surface area contributed by atoms with Gasteiger partial charge in [0.05, 0.1) is 17.7 Å². The number of nitrogens with one attached hydrogen (secondary N) is 1. The van der Waals surface area contributed by atoms with Crippen molar-refractivity contribution in [1.29, 1.82) is 0 Å². The van der Waals surface area contributed by atoms with Crippen molar-refractivity contribution >= 4 is 5.91 Å². The molecule has 2 aromatic carbocycles. The van der Waals surface area contributed by atoms with Gasteiger partial charge in [0.15, 0.2) is 0 Å². The topological polar surface area (TPSA) is 41.6 Å². The molecule has 3 heterocycles. The maximum atomic E-state index is 13.2. The van der Waals surface area contributed by atoms with E-state index in [0.29, 0.717) is 19.1 Å². The molecule has 0 radical (unpaired) electrons. The standard InChI is InChI=1S/C31H38N2O2/c1-22-7-11-25-18-27-31-14-13-29(21-35-31,32-28(34)12-10-23-5-3-2-4-6-23)20-30(31,26(25)17-22)15-16-33(27)19-24-8-9-24/h2-7,11,17,24,27H,8-10,12-16,18-21H2,1H3,(H,32,34)/t27-,29?,30-,31-/m1/s1. The highest BCUT2D eigenvalue weighted by Gasteiger charge is 2.71. The van der Waals surface area contributed by atoms with Crippen LogP contribution in [-0.2, 0) is 27.8 Å². The Morgan fingerprint density at radius 3 is 2.74 bits per heavy atom. The lowest BCUT2D eigenvalue weighted by atomic mass is 9.45. The largest absolute Gasteiger partial charge is 0.370 e. The maximum Gasteiger partial charge on any atom is 0.220 e. The predicted molar refractivity (Wildman–Crippen MR) is 137 cm³/mol. The van der Waals surface area contributed by atoms with Crippen molar-refractivity contribution in [2.24, 2.45) is 5.92 Å². The van der Waals surface area contributed by atoms with E-state index in [0.717, 1.165) is 51.0 Å². The summed E-state index contributed by atoms with van der Waals surface area (Å²) in [6.07, 6.45) is 9.52. The lowest BCUT2D eigenvalue weighted by molar-refractivity contribution is -0.262. The van der Waals surface area contributed by atoms with Crippen LogP contribution in [0.15, 0.2) is 48.5 Å².